The number of hydrogen-bond donors (Lipinski definition) is 1. The van der Waals surface area contributed by atoms with Crippen LogP contribution in [0.15, 0.2) is 5.16 Å². The van der Waals surface area contributed by atoms with E-state index in [0.29, 0.717) is 6.42 Å². The minimum absolute atomic E-state index is 0.366. The zero-order valence-electron chi connectivity index (χ0n) is 9.64. The lowest BCUT2D eigenvalue weighted by Gasteiger charge is -2.19. The summed E-state index contributed by atoms with van der Waals surface area (Å²) in [5, 5.41) is 13.4. The number of oxime groups is 1. The summed E-state index contributed by atoms with van der Waals surface area (Å²) in [5.41, 5.74) is 0. The predicted molar refractivity (Wildman–Crippen MR) is 55.6 cm³/mol. The van der Waals surface area contributed by atoms with Gasteiger partial charge in [-0.05, 0) is 20.3 Å². The van der Waals surface area contributed by atoms with Crippen LogP contribution in [-0.2, 0) is 14.3 Å². The molecule has 0 spiro atoms. The number of aliphatic hydroxyl groups excluding tert-OH is 1. The Morgan fingerprint density at radius 2 is 2.20 bits per heavy atom. The average molecular weight is 217 g/mol. The lowest BCUT2D eigenvalue weighted by atomic mass is 10.1. The van der Waals surface area contributed by atoms with Crippen LogP contribution in [0, 0.1) is 0 Å². The van der Waals surface area contributed by atoms with Gasteiger partial charge in [0.05, 0.1) is 12.3 Å². The van der Waals surface area contributed by atoms with Gasteiger partial charge in [-0.15, -0.1) is 0 Å². The maximum atomic E-state index is 9.75. The second-order valence-corrected chi connectivity index (χ2v) is 3.98. The Bertz CT molecular complexity index is 229. The van der Waals surface area contributed by atoms with E-state index in [1.165, 1.54) is 13.3 Å². The largest absolute Gasteiger partial charge is 0.399 e. The van der Waals surface area contributed by atoms with Crippen molar-refractivity contribution < 1.29 is 19.4 Å². The highest BCUT2D eigenvalue weighted by atomic mass is 16.8. The summed E-state index contributed by atoms with van der Waals surface area (Å²) in [7, 11) is 1.46. The monoisotopic (exact) mass is 217 g/mol. The summed E-state index contributed by atoms with van der Waals surface area (Å²) in [6.07, 6.45) is 0.818. The Morgan fingerprint density at radius 3 is 2.73 bits per heavy atom. The molecule has 0 aliphatic carbocycles. The maximum Gasteiger partial charge on any atom is 0.164 e. The Balaban J connectivity index is 2.70. The summed E-state index contributed by atoms with van der Waals surface area (Å²) in [4.78, 5) is 4.59. The van der Waals surface area contributed by atoms with Crippen molar-refractivity contribution in [3.8, 4) is 0 Å². The third kappa shape index (κ3) is 3.15. The summed E-state index contributed by atoms with van der Waals surface area (Å²) in [5.74, 6) is -0.689. The fraction of sp³-hybridized carbons (Fsp3) is 0.900. The molecule has 1 rings (SSSR count). The lowest BCUT2D eigenvalue weighted by molar-refractivity contribution is -0.152. The van der Waals surface area contributed by atoms with Crippen molar-refractivity contribution in [2.45, 2.75) is 51.3 Å². The van der Waals surface area contributed by atoms with Gasteiger partial charge < -0.3 is 19.4 Å². The molecule has 0 aromatic rings. The van der Waals surface area contributed by atoms with Gasteiger partial charge in [0.25, 0.3) is 0 Å². The highest BCUT2D eigenvalue weighted by Gasteiger charge is 2.43. The summed E-state index contributed by atoms with van der Waals surface area (Å²) >= 11 is 0. The highest BCUT2D eigenvalue weighted by molar-refractivity contribution is 5.64. The van der Waals surface area contributed by atoms with E-state index >= 15 is 0 Å². The van der Waals surface area contributed by atoms with Crippen molar-refractivity contribution in [3.63, 3.8) is 0 Å². The minimum atomic E-state index is -0.689. The molecule has 0 bridgehead atoms. The second-order valence-electron chi connectivity index (χ2n) is 3.98. The molecule has 5 nitrogen and oxygen atoms in total. The maximum absolute atomic E-state index is 9.75. The molecular weight excluding hydrogens is 198 g/mol. The minimum Gasteiger partial charge on any atom is -0.399 e. The molecule has 1 saturated heterocycles. The van der Waals surface area contributed by atoms with E-state index < -0.39 is 11.9 Å². The van der Waals surface area contributed by atoms with Crippen molar-refractivity contribution in [1.82, 2.24) is 0 Å². The Labute approximate surface area is 90.0 Å². The van der Waals surface area contributed by atoms with Gasteiger partial charge in [0.15, 0.2) is 5.79 Å². The van der Waals surface area contributed by atoms with Gasteiger partial charge in [-0.3, -0.25) is 0 Å². The van der Waals surface area contributed by atoms with Crippen molar-refractivity contribution in [2.24, 2.45) is 5.16 Å². The summed E-state index contributed by atoms with van der Waals surface area (Å²) in [6.45, 7) is 5.51. The molecule has 1 N–H and O–H groups in total. The molecule has 88 valence electrons. The van der Waals surface area contributed by atoms with Gasteiger partial charge in [-0.1, -0.05) is 12.1 Å². The molecule has 0 aromatic carbocycles. The zero-order chi connectivity index (χ0) is 11.5. The molecule has 5 heteroatoms. The van der Waals surface area contributed by atoms with Crippen LogP contribution in [0.4, 0.5) is 0 Å². The van der Waals surface area contributed by atoms with Gasteiger partial charge in [0, 0.05) is 0 Å². The average Bonchev–Trinajstić information content (AvgIpc) is 2.49. The van der Waals surface area contributed by atoms with E-state index in [2.05, 4.69) is 9.99 Å². The third-order valence-corrected chi connectivity index (χ3v) is 2.27. The van der Waals surface area contributed by atoms with Crippen LogP contribution in [0.2, 0.25) is 0 Å². The quantitative estimate of drug-likeness (QED) is 0.561. The van der Waals surface area contributed by atoms with E-state index in [4.69, 9.17) is 9.47 Å². The predicted octanol–water partition coefficient (Wildman–Crippen LogP) is 0.910. The van der Waals surface area contributed by atoms with E-state index in [9.17, 15) is 5.11 Å². The van der Waals surface area contributed by atoms with Crippen LogP contribution in [0.5, 0.6) is 0 Å². The smallest absolute Gasteiger partial charge is 0.164 e. The molecule has 0 aromatic heterocycles. The van der Waals surface area contributed by atoms with E-state index in [1.54, 1.807) is 0 Å². The molecule has 0 amide bonds. The van der Waals surface area contributed by atoms with Gasteiger partial charge in [0.1, 0.15) is 19.3 Å². The van der Waals surface area contributed by atoms with Gasteiger partial charge >= 0.3 is 0 Å². The molecule has 1 heterocycles. The van der Waals surface area contributed by atoms with E-state index in [1.807, 2.05) is 20.8 Å². The summed E-state index contributed by atoms with van der Waals surface area (Å²) in [6, 6.07) is 0. The first-order valence-electron chi connectivity index (χ1n) is 5.10. The molecule has 3 atom stereocenters. The Morgan fingerprint density at radius 1 is 1.53 bits per heavy atom. The Hall–Kier alpha value is -0.650. The molecule has 1 aliphatic heterocycles. The van der Waals surface area contributed by atoms with Gasteiger partial charge in [0.2, 0.25) is 0 Å². The van der Waals surface area contributed by atoms with Crippen molar-refractivity contribution in [3.05, 3.63) is 0 Å². The van der Waals surface area contributed by atoms with Crippen LogP contribution >= 0.6 is 0 Å². The standard InChI is InChI=1S/C10H19NO4/c1-5-7(12)9-8(6-11-13-4)14-10(2,3)15-9/h6-9,12H,5H2,1-4H3/b11-6-/t7-,8-,9-/m1/s1. The normalized spacial score (nSPS) is 32.1. The summed E-state index contributed by atoms with van der Waals surface area (Å²) < 4.78 is 11.2. The highest BCUT2D eigenvalue weighted by Crippen LogP contribution is 2.29. The third-order valence-electron chi connectivity index (χ3n) is 2.27. The van der Waals surface area contributed by atoms with E-state index in [0.717, 1.165) is 0 Å². The molecular formula is C10H19NO4. The Kier molecular flexibility index (Phi) is 4.07. The molecule has 15 heavy (non-hydrogen) atoms. The number of hydrogen-bond acceptors (Lipinski definition) is 5. The number of aliphatic hydroxyl groups is 1. The molecule has 0 radical (unpaired) electrons. The van der Waals surface area contributed by atoms with Gasteiger partial charge in [-0.2, -0.15) is 0 Å². The number of rotatable bonds is 4. The van der Waals surface area contributed by atoms with Crippen LogP contribution in [-0.4, -0.2) is 42.5 Å². The first-order chi connectivity index (χ1) is 7.00. The van der Waals surface area contributed by atoms with Crippen LogP contribution < -0.4 is 0 Å². The fourth-order valence-corrected chi connectivity index (χ4v) is 1.58. The SMILES string of the molecule is CC[C@@H](O)[C@H]1OC(C)(C)O[C@@H]1/C=N\OC. The van der Waals surface area contributed by atoms with Gasteiger partial charge in [-0.25, -0.2) is 0 Å². The van der Waals surface area contributed by atoms with Crippen molar-refractivity contribution in [2.75, 3.05) is 7.11 Å². The van der Waals surface area contributed by atoms with Crippen LogP contribution in [0.3, 0.4) is 0 Å². The number of nitrogens with zero attached hydrogens (tertiary/aromatic N) is 1. The van der Waals surface area contributed by atoms with Crippen molar-refractivity contribution in [1.29, 1.82) is 0 Å². The zero-order valence-corrected chi connectivity index (χ0v) is 9.64. The second kappa shape index (κ2) is 4.92. The lowest BCUT2D eigenvalue weighted by Crippen LogP contribution is -2.35. The molecule has 0 saturated carbocycles. The first-order valence-corrected chi connectivity index (χ1v) is 5.10. The molecule has 1 fully saturated rings. The molecule has 0 unspecified atom stereocenters. The first kappa shape index (κ1) is 12.4. The topological polar surface area (TPSA) is 60.3 Å². The van der Waals surface area contributed by atoms with Crippen LogP contribution in [0.25, 0.3) is 0 Å². The molecule has 1 aliphatic rings. The van der Waals surface area contributed by atoms with Crippen LogP contribution in [0.1, 0.15) is 27.2 Å². The fourth-order valence-electron chi connectivity index (χ4n) is 1.58. The van der Waals surface area contributed by atoms with Crippen molar-refractivity contribution >= 4 is 6.21 Å². The number of ether oxygens (including phenoxy) is 2. The van der Waals surface area contributed by atoms with E-state index in [-0.39, 0.29) is 12.2 Å².